The number of nitrogens with zero attached hydrogens (tertiary/aromatic N) is 6. The summed E-state index contributed by atoms with van der Waals surface area (Å²) in [6, 6.07) is 5.17. The fourth-order valence-corrected chi connectivity index (χ4v) is 4.29. The van der Waals surface area contributed by atoms with Crippen molar-refractivity contribution in [3.63, 3.8) is 0 Å². The van der Waals surface area contributed by atoms with Gasteiger partial charge in [0.25, 0.3) is 5.91 Å². The van der Waals surface area contributed by atoms with Gasteiger partial charge in [0.05, 0.1) is 11.7 Å². The molecule has 0 radical (unpaired) electrons. The van der Waals surface area contributed by atoms with Crippen molar-refractivity contribution in [2.45, 2.75) is 33.4 Å². The van der Waals surface area contributed by atoms with E-state index in [-0.39, 0.29) is 17.9 Å². The molecule has 10 heteroatoms. The Bertz CT molecular complexity index is 1120. The quantitative estimate of drug-likeness (QED) is 0.640. The number of benzene rings is 1. The van der Waals surface area contributed by atoms with E-state index >= 15 is 0 Å². The van der Waals surface area contributed by atoms with Gasteiger partial charge < -0.3 is 9.47 Å². The number of aryl methyl sites for hydroxylation is 1. The Morgan fingerprint density at radius 1 is 1.20 bits per heavy atom. The molecule has 30 heavy (non-hydrogen) atoms. The number of carbonyl (C=O) groups excluding carboxylic acids is 2. The molecule has 0 unspecified atom stereocenters. The van der Waals surface area contributed by atoms with Crippen LogP contribution in [0.4, 0.5) is 10.2 Å². The summed E-state index contributed by atoms with van der Waals surface area (Å²) in [6.07, 6.45) is 0. The van der Waals surface area contributed by atoms with Gasteiger partial charge in [0, 0.05) is 32.6 Å². The second kappa shape index (κ2) is 7.60. The van der Waals surface area contributed by atoms with Crippen LogP contribution in [0.5, 0.6) is 0 Å². The van der Waals surface area contributed by atoms with Crippen LogP contribution in [0, 0.1) is 12.7 Å². The van der Waals surface area contributed by atoms with Gasteiger partial charge in [0.15, 0.2) is 16.6 Å². The van der Waals surface area contributed by atoms with E-state index in [1.807, 2.05) is 18.4 Å². The number of halogens is 1. The van der Waals surface area contributed by atoms with Gasteiger partial charge in [-0.3, -0.25) is 14.5 Å². The molecule has 3 aromatic rings. The molecular weight excluding hydrogens is 407 g/mol. The standard InChI is InChI=1S/C20H21FN6O2S/c1-11-16-17(25(4)13(3)28)23-18(19-22-12(2)24-30-19)27(16)10-9-26(11)20(29)14-5-7-15(21)8-6-14/h5-8,11H,9-10H2,1-4H3/t11-/m1/s1. The third-order valence-electron chi connectivity index (χ3n) is 5.28. The maximum absolute atomic E-state index is 13.3. The molecule has 0 bridgehead atoms. The van der Waals surface area contributed by atoms with Gasteiger partial charge in [0.2, 0.25) is 5.91 Å². The zero-order valence-corrected chi connectivity index (χ0v) is 17.9. The summed E-state index contributed by atoms with van der Waals surface area (Å²) in [5, 5.41) is 0.669. The van der Waals surface area contributed by atoms with Crippen molar-refractivity contribution in [1.29, 1.82) is 0 Å². The second-order valence-electron chi connectivity index (χ2n) is 7.20. The predicted molar refractivity (Wildman–Crippen MR) is 111 cm³/mol. The van der Waals surface area contributed by atoms with Gasteiger partial charge >= 0.3 is 0 Å². The van der Waals surface area contributed by atoms with Crippen LogP contribution >= 0.6 is 11.5 Å². The monoisotopic (exact) mass is 428 g/mol. The summed E-state index contributed by atoms with van der Waals surface area (Å²) in [4.78, 5) is 37.5. The average molecular weight is 428 g/mol. The SMILES string of the molecule is CC(=O)N(C)c1nc(-c2nc(C)ns2)n2c1[C@@H](C)N(C(=O)c1ccc(F)cc1)CC2. The van der Waals surface area contributed by atoms with E-state index in [2.05, 4.69) is 9.36 Å². The highest BCUT2D eigenvalue weighted by Crippen LogP contribution is 2.38. The lowest BCUT2D eigenvalue weighted by atomic mass is 10.1. The Morgan fingerprint density at radius 3 is 2.50 bits per heavy atom. The third kappa shape index (κ3) is 3.36. The van der Waals surface area contributed by atoms with Crippen LogP contribution in [0.15, 0.2) is 24.3 Å². The van der Waals surface area contributed by atoms with Gasteiger partial charge in [-0.05, 0) is 49.6 Å². The maximum atomic E-state index is 13.3. The second-order valence-corrected chi connectivity index (χ2v) is 7.95. The van der Waals surface area contributed by atoms with E-state index in [0.717, 1.165) is 5.69 Å². The highest BCUT2D eigenvalue weighted by Gasteiger charge is 2.36. The van der Waals surface area contributed by atoms with E-state index in [1.54, 1.807) is 11.9 Å². The highest BCUT2D eigenvalue weighted by atomic mass is 32.1. The summed E-state index contributed by atoms with van der Waals surface area (Å²) < 4.78 is 19.5. The topological polar surface area (TPSA) is 84.2 Å². The Balaban J connectivity index is 1.78. The third-order valence-corrected chi connectivity index (χ3v) is 6.08. The summed E-state index contributed by atoms with van der Waals surface area (Å²) in [5.41, 5.74) is 1.18. The lowest BCUT2D eigenvalue weighted by Crippen LogP contribution is -2.41. The zero-order valence-electron chi connectivity index (χ0n) is 17.1. The first-order valence-corrected chi connectivity index (χ1v) is 10.3. The zero-order chi connectivity index (χ0) is 21.6. The van der Waals surface area contributed by atoms with Gasteiger partial charge in [-0.2, -0.15) is 4.37 Å². The molecule has 1 aliphatic rings. The Hall–Kier alpha value is -3.14. The van der Waals surface area contributed by atoms with Crippen LogP contribution in [0.2, 0.25) is 0 Å². The van der Waals surface area contributed by atoms with Crippen LogP contribution in [0.25, 0.3) is 10.8 Å². The maximum Gasteiger partial charge on any atom is 0.254 e. The summed E-state index contributed by atoms with van der Waals surface area (Å²) in [7, 11) is 1.66. The van der Waals surface area contributed by atoms with Crippen LogP contribution in [-0.2, 0) is 11.3 Å². The van der Waals surface area contributed by atoms with Crippen molar-refractivity contribution in [3.05, 3.63) is 47.2 Å². The van der Waals surface area contributed by atoms with Crippen molar-refractivity contribution in [2.24, 2.45) is 0 Å². The summed E-state index contributed by atoms with van der Waals surface area (Å²) in [6.45, 7) is 6.14. The van der Waals surface area contributed by atoms with E-state index in [4.69, 9.17) is 4.98 Å². The van der Waals surface area contributed by atoms with Crippen LogP contribution < -0.4 is 4.90 Å². The first kappa shape index (κ1) is 20.1. The van der Waals surface area contributed by atoms with E-state index in [1.165, 1.54) is 47.6 Å². The molecule has 3 heterocycles. The van der Waals surface area contributed by atoms with Gasteiger partial charge in [-0.1, -0.05) is 0 Å². The van der Waals surface area contributed by atoms with Gasteiger partial charge in [-0.15, -0.1) is 0 Å². The number of fused-ring (bicyclic) bond motifs is 1. The number of hydrogen-bond acceptors (Lipinski definition) is 6. The molecule has 2 aromatic heterocycles. The number of imidazole rings is 1. The minimum Gasteiger partial charge on any atom is -0.328 e. The van der Waals surface area contributed by atoms with E-state index in [9.17, 15) is 14.0 Å². The lowest BCUT2D eigenvalue weighted by Gasteiger charge is -2.36. The number of hydrogen-bond donors (Lipinski definition) is 0. The van der Waals surface area contributed by atoms with E-state index < -0.39 is 5.82 Å². The van der Waals surface area contributed by atoms with E-state index in [0.29, 0.717) is 41.1 Å². The number of amides is 2. The van der Waals surface area contributed by atoms with Gasteiger partial charge in [0.1, 0.15) is 11.6 Å². The molecule has 0 aliphatic carbocycles. The largest absolute Gasteiger partial charge is 0.328 e. The fraction of sp³-hybridized carbons (Fsp3) is 0.350. The fourth-order valence-electron chi connectivity index (χ4n) is 3.62. The molecule has 1 atom stereocenters. The predicted octanol–water partition coefficient (Wildman–Crippen LogP) is 3.05. The summed E-state index contributed by atoms with van der Waals surface area (Å²) >= 11 is 1.25. The minimum absolute atomic E-state index is 0.162. The molecule has 0 saturated heterocycles. The van der Waals surface area contributed by atoms with Crippen molar-refractivity contribution in [2.75, 3.05) is 18.5 Å². The Kier molecular flexibility index (Phi) is 5.10. The Labute approximate surface area is 177 Å². The normalized spacial score (nSPS) is 15.8. The number of anilines is 1. The van der Waals surface area contributed by atoms with Crippen molar-refractivity contribution < 1.29 is 14.0 Å². The molecule has 0 saturated carbocycles. The smallest absolute Gasteiger partial charge is 0.254 e. The first-order valence-electron chi connectivity index (χ1n) is 9.50. The average Bonchev–Trinajstić information content (AvgIpc) is 3.31. The molecule has 156 valence electrons. The summed E-state index contributed by atoms with van der Waals surface area (Å²) in [5.74, 6) is 1.04. The molecule has 4 rings (SSSR count). The number of aromatic nitrogens is 4. The molecule has 0 N–H and O–H groups in total. The first-order chi connectivity index (χ1) is 14.3. The molecule has 1 aromatic carbocycles. The van der Waals surface area contributed by atoms with Crippen molar-refractivity contribution in [3.8, 4) is 10.8 Å². The Morgan fingerprint density at radius 2 is 1.90 bits per heavy atom. The van der Waals surface area contributed by atoms with Gasteiger partial charge in [-0.25, -0.2) is 14.4 Å². The van der Waals surface area contributed by atoms with Crippen LogP contribution in [0.1, 0.15) is 41.8 Å². The molecule has 8 nitrogen and oxygen atoms in total. The molecule has 1 aliphatic heterocycles. The van der Waals surface area contributed by atoms with Crippen molar-refractivity contribution >= 4 is 29.2 Å². The molecule has 0 fully saturated rings. The van der Waals surface area contributed by atoms with Crippen LogP contribution in [0.3, 0.4) is 0 Å². The number of carbonyl (C=O) groups is 2. The molecule has 2 amide bonds. The molecular formula is C20H21FN6O2S. The van der Waals surface area contributed by atoms with Crippen LogP contribution in [-0.4, -0.2) is 49.2 Å². The molecule has 0 spiro atoms. The highest BCUT2D eigenvalue weighted by molar-refractivity contribution is 7.09. The lowest BCUT2D eigenvalue weighted by molar-refractivity contribution is -0.116. The minimum atomic E-state index is -0.390. The van der Waals surface area contributed by atoms with Crippen molar-refractivity contribution in [1.82, 2.24) is 23.8 Å². The number of rotatable bonds is 3.